The third kappa shape index (κ3) is 1.69. The number of fused-ring (bicyclic) bond motifs is 1. The number of hydrogen-bond acceptors (Lipinski definition) is 7. The highest BCUT2D eigenvalue weighted by atomic mass is 16.6. The summed E-state index contributed by atoms with van der Waals surface area (Å²) >= 11 is 0. The van der Waals surface area contributed by atoms with Crippen molar-refractivity contribution in [2.24, 2.45) is 5.73 Å². The van der Waals surface area contributed by atoms with Gasteiger partial charge in [-0.05, 0) is 0 Å². The third-order valence-corrected chi connectivity index (χ3v) is 3.31. The molecule has 0 amide bonds. The van der Waals surface area contributed by atoms with Crippen LogP contribution in [-0.4, -0.2) is 59.5 Å². The van der Waals surface area contributed by atoms with E-state index in [2.05, 4.69) is 15.0 Å². The summed E-state index contributed by atoms with van der Waals surface area (Å²) in [5.41, 5.74) is 6.04. The van der Waals surface area contributed by atoms with Gasteiger partial charge in [-0.3, -0.25) is 0 Å². The lowest BCUT2D eigenvalue weighted by atomic mass is 10.1. The number of nitrogens with two attached hydrogens (primary N) is 1. The SMILES string of the molecule is COC(=O)c1cn([C@@H]2CO[C@@H]3[C@@H]2OC[C@@H]3N)nn1. The number of ether oxygens (including phenoxy) is 3. The Morgan fingerprint density at radius 2 is 2.28 bits per heavy atom. The smallest absolute Gasteiger partial charge is 0.360 e. The number of methoxy groups -OCH3 is 1. The van der Waals surface area contributed by atoms with Crippen molar-refractivity contribution in [2.45, 2.75) is 24.3 Å². The average molecular weight is 254 g/mol. The van der Waals surface area contributed by atoms with Crippen molar-refractivity contribution in [1.82, 2.24) is 15.0 Å². The molecular formula is C10H14N4O4. The van der Waals surface area contributed by atoms with E-state index in [1.165, 1.54) is 13.3 Å². The summed E-state index contributed by atoms with van der Waals surface area (Å²) in [5.74, 6) is -0.513. The van der Waals surface area contributed by atoms with Gasteiger partial charge in [0.05, 0.1) is 32.6 Å². The Balaban J connectivity index is 1.79. The summed E-state index contributed by atoms with van der Waals surface area (Å²) < 4.78 is 17.4. The first-order chi connectivity index (χ1) is 8.70. The van der Waals surface area contributed by atoms with Crippen LogP contribution in [0, 0.1) is 0 Å². The molecule has 18 heavy (non-hydrogen) atoms. The molecule has 0 unspecified atom stereocenters. The molecular weight excluding hydrogens is 240 g/mol. The maximum absolute atomic E-state index is 11.3. The number of esters is 1. The summed E-state index contributed by atoms with van der Waals surface area (Å²) in [6, 6.07) is -0.210. The summed E-state index contributed by atoms with van der Waals surface area (Å²) in [6.07, 6.45) is 1.29. The molecule has 1 aromatic heterocycles. The van der Waals surface area contributed by atoms with Crippen LogP contribution in [0.1, 0.15) is 16.5 Å². The monoisotopic (exact) mass is 254 g/mol. The van der Waals surface area contributed by atoms with Crippen molar-refractivity contribution in [3.8, 4) is 0 Å². The normalized spacial score (nSPS) is 34.6. The van der Waals surface area contributed by atoms with Gasteiger partial charge >= 0.3 is 5.97 Å². The molecule has 2 aliphatic rings. The van der Waals surface area contributed by atoms with Crippen LogP contribution in [0.2, 0.25) is 0 Å². The minimum atomic E-state index is -0.513. The highest BCUT2D eigenvalue weighted by Gasteiger charge is 2.47. The van der Waals surface area contributed by atoms with Gasteiger partial charge in [0.15, 0.2) is 5.69 Å². The zero-order chi connectivity index (χ0) is 12.7. The van der Waals surface area contributed by atoms with E-state index in [1.807, 2.05) is 0 Å². The van der Waals surface area contributed by atoms with Gasteiger partial charge in [-0.1, -0.05) is 5.21 Å². The van der Waals surface area contributed by atoms with E-state index in [0.29, 0.717) is 13.2 Å². The van der Waals surface area contributed by atoms with Crippen molar-refractivity contribution < 1.29 is 19.0 Å². The summed E-state index contributed by atoms with van der Waals surface area (Å²) in [4.78, 5) is 11.3. The molecule has 3 rings (SSSR count). The number of carbonyl (C=O) groups excluding carboxylic acids is 1. The number of aromatic nitrogens is 3. The van der Waals surface area contributed by atoms with E-state index in [0.717, 1.165) is 0 Å². The summed E-state index contributed by atoms with van der Waals surface area (Å²) in [7, 11) is 1.30. The fraction of sp³-hybridized carbons (Fsp3) is 0.700. The van der Waals surface area contributed by atoms with Gasteiger partial charge in [-0.15, -0.1) is 5.10 Å². The molecule has 2 saturated heterocycles. The molecule has 0 bridgehead atoms. The second kappa shape index (κ2) is 4.30. The van der Waals surface area contributed by atoms with Gasteiger partial charge in [0.25, 0.3) is 0 Å². The van der Waals surface area contributed by atoms with E-state index < -0.39 is 5.97 Å². The molecule has 8 heteroatoms. The van der Waals surface area contributed by atoms with Crippen LogP contribution < -0.4 is 5.73 Å². The largest absolute Gasteiger partial charge is 0.464 e. The number of hydrogen-bond donors (Lipinski definition) is 1. The molecule has 8 nitrogen and oxygen atoms in total. The van der Waals surface area contributed by atoms with Gasteiger partial charge in [-0.25, -0.2) is 9.48 Å². The molecule has 2 aliphatic heterocycles. The Kier molecular flexibility index (Phi) is 2.77. The quantitative estimate of drug-likeness (QED) is 0.656. The minimum absolute atomic E-state index is 0.102. The van der Waals surface area contributed by atoms with Crippen LogP contribution in [0.25, 0.3) is 0 Å². The molecule has 2 fully saturated rings. The predicted octanol–water partition coefficient (Wildman–Crippen LogP) is -1.27. The molecule has 1 aromatic rings. The fourth-order valence-electron chi connectivity index (χ4n) is 2.37. The van der Waals surface area contributed by atoms with E-state index >= 15 is 0 Å². The molecule has 4 atom stereocenters. The second-order valence-electron chi connectivity index (χ2n) is 4.40. The number of carbonyl (C=O) groups is 1. The Labute approximate surface area is 103 Å². The maximum atomic E-state index is 11.3. The fourth-order valence-corrected chi connectivity index (χ4v) is 2.37. The summed E-state index contributed by atoms with van der Waals surface area (Å²) in [5, 5.41) is 7.68. The van der Waals surface area contributed by atoms with E-state index in [1.54, 1.807) is 4.68 Å². The van der Waals surface area contributed by atoms with Gasteiger partial charge in [0, 0.05) is 0 Å². The van der Waals surface area contributed by atoms with Crippen molar-refractivity contribution in [3.63, 3.8) is 0 Å². The lowest BCUT2D eigenvalue weighted by molar-refractivity contribution is 0.0592. The first-order valence-electron chi connectivity index (χ1n) is 5.69. The lowest BCUT2D eigenvalue weighted by Crippen LogP contribution is -2.36. The topological polar surface area (TPSA) is 101 Å². The Morgan fingerprint density at radius 3 is 3.06 bits per heavy atom. The van der Waals surface area contributed by atoms with Gasteiger partial charge in [0.1, 0.15) is 18.2 Å². The molecule has 0 aromatic carbocycles. The van der Waals surface area contributed by atoms with Crippen molar-refractivity contribution >= 4 is 5.97 Å². The van der Waals surface area contributed by atoms with E-state index in [4.69, 9.17) is 15.2 Å². The van der Waals surface area contributed by atoms with Crippen molar-refractivity contribution in [2.75, 3.05) is 20.3 Å². The Morgan fingerprint density at radius 1 is 1.50 bits per heavy atom. The molecule has 98 valence electrons. The van der Waals surface area contributed by atoms with Crippen molar-refractivity contribution in [1.29, 1.82) is 0 Å². The molecule has 0 saturated carbocycles. The van der Waals surface area contributed by atoms with Crippen LogP contribution in [0.15, 0.2) is 6.20 Å². The third-order valence-electron chi connectivity index (χ3n) is 3.31. The number of rotatable bonds is 2. The Bertz CT molecular complexity index is 462. The van der Waals surface area contributed by atoms with Crippen LogP contribution in [0.3, 0.4) is 0 Å². The zero-order valence-corrected chi connectivity index (χ0v) is 9.85. The predicted molar refractivity (Wildman–Crippen MR) is 57.9 cm³/mol. The lowest BCUT2D eigenvalue weighted by Gasteiger charge is -2.15. The van der Waals surface area contributed by atoms with Gasteiger partial charge in [-0.2, -0.15) is 0 Å². The second-order valence-corrected chi connectivity index (χ2v) is 4.40. The Hall–Kier alpha value is -1.51. The van der Waals surface area contributed by atoms with Crippen LogP contribution >= 0.6 is 0 Å². The zero-order valence-electron chi connectivity index (χ0n) is 9.85. The number of nitrogens with zero attached hydrogens (tertiary/aromatic N) is 3. The van der Waals surface area contributed by atoms with Crippen LogP contribution in [-0.2, 0) is 14.2 Å². The highest BCUT2D eigenvalue weighted by molar-refractivity contribution is 5.86. The van der Waals surface area contributed by atoms with Crippen molar-refractivity contribution in [3.05, 3.63) is 11.9 Å². The van der Waals surface area contributed by atoms with Gasteiger partial charge < -0.3 is 19.9 Å². The maximum Gasteiger partial charge on any atom is 0.360 e. The average Bonchev–Trinajstić information content (AvgIpc) is 3.05. The molecule has 3 heterocycles. The van der Waals surface area contributed by atoms with E-state index in [-0.39, 0.29) is 30.0 Å². The standard InChI is InChI=1S/C10H14N4O4/c1-16-10(15)6-2-14(13-12-6)7-4-18-8-5(11)3-17-9(7)8/h2,5,7-9H,3-4,11H2,1H3/t5-,7+,8-,9+/m0/s1. The van der Waals surface area contributed by atoms with Crippen LogP contribution in [0.4, 0.5) is 0 Å². The summed E-state index contributed by atoms with van der Waals surface area (Å²) in [6.45, 7) is 0.928. The molecule has 0 aliphatic carbocycles. The van der Waals surface area contributed by atoms with E-state index in [9.17, 15) is 4.79 Å². The molecule has 2 N–H and O–H groups in total. The first-order valence-corrected chi connectivity index (χ1v) is 5.69. The minimum Gasteiger partial charge on any atom is -0.464 e. The van der Waals surface area contributed by atoms with Crippen LogP contribution in [0.5, 0.6) is 0 Å². The van der Waals surface area contributed by atoms with Gasteiger partial charge in [0.2, 0.25) is 0 Å². The first kappa shape index (κ1) is 11.6. The highest BCUT2D eigenvalue weighted by Crippen LogP contribution is 2.32. The molecule has 0 spiro atoms. The molecule has 0 radical (unpaired) electrons.